The van der Waals surface area contributed by atoms with Gasteiger partial charge in [-0.25, -0.2) is 0 Å². The standard InChI is InChI=1S/C18H21F3N6O/c1-3-17(4-2)12-28-8-7-26(17)11-16-23-24-25-27(16)14-6-5-13(10-22)15(9-14)18(19,20)21/h5-6,9H,3-4,7-8,11-12H2,1-2H3. The first-order valence-electron chi connectivity index (χ1n) is 9.06. The van der Waals surface area contributed by atoms with Crippen molar-refractivity contribution in [1.82, 2.24) is 25.1 Å². The van der Waals surface area contributed by atoms with Crippen LogP contribution in [0, 0.1) is 11.3 Å². The highest BCUT2D eigenvalue weighted by Crippen LogP contribution is 2.33. The van der Waals surface area contributed by atoms with Crippen molar-refractivity contribution >= 4 is 0 Å². The topological polar surface area (TPSA) is 79.9 Å². The van der Waals surface area contributed by atoms with Gasteiger partial charge in [0.05, 0.1) is 42.6 Å². The highest BCUT2D eigenvalue weighted by molar-refractivity contribution is 5.47. The largest absolute Gasteiger partial charge is 0.417 e. The molecule has 0 unspecified atom stereocenters. The van der Waals surface area contributed by atoms with Gasteiger partial charge in [0.25, 0.3) is 0 Å². The van der Waals surface area contributed by atoms with Crippen molar-refractivity contribution in [2.75, 3.05) is 19.8 Å². The second-order valence-electron chi connectivity index (χ2n) is 6.75. The summed E-state index contributed by atoms with van der Waals surface area (Å²) < 4.78 is 46.8. The van der Waals surface area contributed by atoms with Crippen LogP contribution in [-0.2, 0) is 17.5 Å². The molecule has 150 valence electrons. The lowest BCUT2D eigenvalue weighted by molar-refractivity contribution is -0.137. The summed E-state index contributed by atoms with van der Waals surface area (Å²) in [6.07, 6.45) is -2.89. The van der Waals surface area contributed by atoms with Gasteiger partial charge < -0.3 is 4.74 Å². The van der Waals surface area contributed by atoms with Crippen LogP contribution in [0.5, 0.6) is 0 Å². The highest BCUT2D eigenvalue weighted by atomic mass is 19.4. The van der Waals surface area contributed by atoms with E-state index in [0.717, 1.165) is 25.0 Å². The molecular formula is C18H21F3N6O. The lowest BCUT2D eigenvalue weighted by Crippen LogP contribution is -2.55. The van der Waals surface area contributed by atoms with Crippen LogP contribution in [0.25, 0.3) is 5.69 Å². The van der Waals surface area contributed by atoms with Crippen LogP contribution >= 0.6 is 0 Å². The number of hydrogen-bond acceptors (Lipinski definition) is 6. The number of hydrogen-bond donors (Lipinski definition) is 0. The number of ether oxygens (including phenoxy) is 1. The smallest absolute Gasteiger partial charge is 0.378 e. The van der Waals surface area contributed by atoms with Crippen LogP contribution in [0.4, 0.5) is 13.2 Å². The van der Waals surface area contributed by atoms with Gasteiger partial charge in [0, 0.05) is 12.1 Å². The molecule has 7 nitrogen and oxygen atoms in total. The van der Waals surface area contributed by atoms with Gasteiger partial charge in [0.1, 0.15) is 0 Å². The quantitative estimate of drug-likeness (QED) is 0.776. The number of aromatic nitrogens is 4. The number of morpholine rings is 1. The first-order chi connectivity index (χ1) is 13.3. The van der Waals surface area contributed by atoms with Crippen molar-refractivity contribution in [3.63, 3.8) is 0 Å². The van der Waals surface area contributed by atoms with Crippen molar-refractivity contribution in [3.8, 4) is 11.8 Å². The molecule has 28 heavy (non-hydrogen) atoms. The first-order valence-corrected chi connectivity index (χ1v) is 9.06. The summed E-state index contributed by atoms with van der Waals surface area (Å²) in [5, 5.41) is 20.5. The molecule has 2 heterocycles. The van der Waals surface area contributed by atoms with Crippen molar-refractivity contribution in [3.05, 3.63) is 35.2 Å². The average Bonchev–Trinajstić information content (AvgIpc) is 3.15. The number of tetrazole rings is 1. The summed E-state index contributed by atoms with van der Waals surface area (Å²) >= 11 is 0. The predicted octanol–water partition coefficient (Wildman–Crippen LogP) is 2.94. The zero-order valence-corrected chi connectivity index (χ0v) is 15.7. The van der Waals surface area contributed by atoms with Crippen LogP contribution in [0.3, 0.4) is 0 Å². The van der Waals surface area contributed by atoms with Crippen molar-refractivity contribution in [2.24, 2.45) is 0 Å². The third-order valence-electron chi connectivity index (χ3n) is 5.40. The molecule has 1 aromatic carbocycles. The summed E-state index contributed by atoms with van der Waals surface area (Å²) in [6.45, 7) is 6.43. The molecule has 1 fully saturated rings. The maximum atomic E-state index is 13.3. The summed E-state index contributed by atoms with van der Waals surface area (Å²) in [7, 11) is 0. The Morgan fingerprint density at radius 1 is 1.29 bits per heavy atom. The predicted molar refractivity (Wildman–Crippen MR) is 93.4 cm³/mol. The molecule has 2 aromatic rings. The molecule has 0 atom stereocenters. The molecule has 1 aromatic heterocycles. The molecule has 1 saturated heterocycles. The van der Waals surface area contributed by atoms with E-state index >= 15 is 0 Å². The van der Waals surface area contributed by atoms with Gasteiger partial charge in [0.2, 0.25) is 0 Å². The van der Waals surface area contributed by atoms with Crippen molar-refractivity contribution in [2.45, 2.75) is 44.9 Å². The number of halogens is 3. The minimum absolute atomic E-state index is 0.156. The van der Waals surface area contributed by atoms with Gasteiger partial charge in [-0.15, -0.1) is 5.10 Å². The zero-order valence-electron chi connectivity index (χ0n) is 15.7. The second kappa shape index (κ2) is 7.85. The van der Waals surface area contributed by atoms with E-state index in [-0.39, 0.29) is 11.2 Å². The molecule has 0 aliphatic carbocycles. The Hall–Kier alpha value is -2.51. The van der Waals surface area contributed by atoms with Gasteiger partial charge in [-0.05, 0) is 41.5 Å². The molecule has 0 saturated carbocycles. The van der Waals surface area contributed by atoms with Crippen molar-refractivity contribution in [1.29, 1.82) is 5.26 Å². The van der Waals surface area contributed by atoms with E-state index in [1.807, 2.05) is 0 Å². The van der Waals surface area contributed by atoms with Crippen molar-refractivity contribution < 1.29 is 17.9 Å². The molecule has 0 N–H and O–H groups in total. The van der Waals surface area contributed by atoms with Gasteiger partial charge in [0.15, 0.2) is 5.82 Å². The molecule has 10 heteroatoms. The van der Waals surface area contributed by atoms with E-state index in [0.29, 0.717) is 32.1 Å². The molecule has 1 aliphatic rings. The minimum Gasteiger partial charge on any atom is -0.378 e. The fourth-order valence-corrected chi connectivity index (χ4v) is 3.59. The number of nitrogens with zero attached hydrogens (tertiary/aromatic N) is 6. The van der Waals surface area contributed by atoms with Gasteiger partial charge in [-0.1, -0.05) is 13.8 Å². The van der Waals surface area contributed by atoms with E-state index in [9.17, 15) is 13.2 Å². The van der Waals surface area contributed by atoms with Crippen LogP contribution in [0.15, 0.2) is 18.2 Å². The molecular weight excluding hydrogens is 373 g/mol. The number of rotatable bonds is 5. The van der Waals surface area contributed by atoms with E-state index in [4.69, 9.17) is 10.00 Å². The third-order valence-corrected chi connectivity index (χ3v) is 5.40. The van der Waals surface area contributed by atoms with Gasteiger partial charge >= 0.3 is 6.18 Å². The van der Waals surface area contributed by atoms with Gasteiger partial charge in [-0.3, -0.25) is 4.90 Å². The normalized spacial score (nSPS) is 17.4. The summed E-state index contributed by atoms with van der Waals surface area (Å²) in [5.41, 5.74) is -1.43. The van der Waals surface area contributed by atoms with E-state index in [2.05, 4.69) is 34.3 Å². The minimum atomic E-state index is -4.64. The number of benzene rings is 1. The monoisotopic (exact) mass is 394 g/mol. The highest BCUT2D eigenvalue weighted by Gasteiger charge is 2.38. The SMILES string of the molecule is CCC1(CC)COCCN1Cc1nnnn1-c1ccc(C#N)c(C(F)(F)F)c1. The Balaban J connectivity index is 1.96. The Morgan fingerprint density at radius 2 is 2.04 bits per heavy atom. The van der Waals surface area contributed by atoms with Crippen LogP contribution in [0.2, 0.25) is 0 Å². The number of alkyl halides is 3. The lowest BCUT2D eigenvalue weighted by Gasteiger charge is -2.46. The summed E-state index contributed by atoms with van der Waals surface area (Å²) in [5.74, 6) is 0.436. The summed E-state index contributed by atoms with van der Waals surface area (Å²) in [6, 6.07) is 5.04. The lowest BCUT2D eigenvalue weighted by atomic mass is 9.90. The van der Waals surface area contributed by atoms with E-state index < -0.39 is 17.3 Å². The Kier molecular flexibility index (Phi) is 5.67. The molecule has 0 amide bonds. The van der Waals surface area contributed by atoms with E-state index in [1.54, 1.807) is 6.07 Å². The molecule has 1 aliphatic heterocycles. The Bertz CT molecular complexity index is 869. The fourth-order valence-electron chi connectivity index (χ4n) is 3.59. The molecule has 3 rings (SSSR count). The first kappa shape index (κ1) is 20.2. The maximum absolute atomic E-state index is 13.3. The molecule has 0 spiro atoms. The Labute approximate surface area is 160 Å². The van der Waals surface area contributed by atoms with E-state index in [1.165, 1.54) is 10.7 Å². The van der Waals surface area contributed by atoms with Crippen LogP contribution < -0.4 is 0 Å². The third kappa shape index (κ3) is 3.72. The van der Waals surface area contributed by atoms with Crippen LogP contribution in [0.1, 0.15) is 43.6 Å². The second-order valence-corrected chi connectivity index (χ2v) is 6.75. The Morgan fingerprint density at radius 3 is 2.68 bits per heavy atom. The zero-order chi connectivity index (χ0) is 20.4. The van der Waals surface area contributed by atoms with Gasteiger partial charge in [-0.2, -0.15) is 23.1 Å². The number of nitriles is 1. The summed E-state index contributed by atoms with van der Waals surface area (Å²) in [4.78, 5) is 2.23. The molecule has 0 bridgehead atoms. The molecule has 0 radical (unpaired) electrons. The van der Waals surface area contributed by atoms with Crippen LogP contribution in [-0.4, -0.2) is 50.4 Å². The average molecular weight is 394 g/mol. The fraction of sp³-hybridized carbons (Fsp3) is 0.556. The maximum Gasteiger partial charge on any atom is 0.417 e.